The summed E-state index contributed by atoms with van der Waals surface area (Å²) >= 11 is 0. The van der Waals surface area contributed by atoms with Crippen LogP contribution in [0.2, 0.25) is 0 Å². The van der Waals surface area contributed by atoms with Crippen LogP contribution in [0.25, 0.3) is 5.57 Å². The molecule has 24 heavy (non-hydrogen) atoms. The Bertz CT molecular complexity index is 854. The first-order valence-corrected chi connectivity index (χ1v) is 7.88. The summed E-state index contributed by atoms with van der Waals surface area (Å²) in [5.41, 5.74) is 3.29. The number of hydrogen-bond donors (Lipinski definition) is 2. The Morgan fingerprint density at radius 2 is 2.12 bits per heavy atom. The summed E-state index contributed by atoms with van der Waals surface area (Å²) in [5, 5.41) is 9.07. The lowest BCUT2D eigenvalue weighted by Gasteiger charge is -2.12. The molecule has 1 aliphatic rings. The minimum atomic E-state index is -0.917. The second-order valence-corrected chi connectivity index (χ2v) is 6.56. The number of aromatic carboxylic acids is 1. The number of hydrogen-bond acceptors (Lipinski definition) is 2. The average Bonchev–Trinajstić information content (AvgIpc) is 2.91. The number of carboxylic acid groups (broad SMARTS) is 1. The average molecular weight is 320 g/mol. The SMILES string of the molecule is CC1(C)C=CC=C(c2cnc(Cc3cccc(C(=O)O)c3)[nH]2)C=C1. The van der Waals surface area contributed by atoms with Crippen LogP contribution in [0.4, 0.5) is 0 Å². The molecule has 0 unspecified atom stereocenters. The maximum absolute atomic E-state index is 11.1. The third-order valence-electron chi connectivity index (χ3n) is 3.98. The number of carbonyl (C=O) groups is 1. The molecule has 122 valence electrons. The zero-order valence-electron chi connectivity index (χ0n) is 13.8. The molecular weight excluding hydrogens is 300 g/mol. The van der Waals surface area contributed by atoms with Gasteiger partial charge in [0.1, 0.15) is 5.82 Å². The van der Waals surface area contributed by atoms with Gasteiger partial charge in [0.15, 0.2) is 0 Å². The first-order chi connectivity index (χ1) is 11.4. The Morgan fingerprint density at radius 1 is 1.29 bits per heavy atom. The molecule has 4 nitrogen and oxygen atoms in total. The lowest BCUT2D eigenvalue weighted by Crippen LogP contribution is -2.00. The fourth-order valence-electron chi connectivity index (χ4n) is 2.60. The number of benzene rings is 1. The van der Waals surface area contributed by atoms with E-state index >= 15 is 0 Å². The Hall–Kier alpha value is -2.88. The van der Waals surface area contributed by atoms with Crippen LogP contribution in [0.3, 0.4) is 0 Å². The molecule has 1 aromatic heterocycles. The maximum atomic E-state index is 11.1. The van der Waals surface area contributed by atoms with Crippen molar-refractivity contribution in [2.75, 3.05) is 0 Å². The van der Waals surface area contributed by atoms with Crippen molar-refractivity contribution in [2.24, 2.45) is 5.41 Å². The maximum Gasteiger partial charge on any atom is 0.335 e. The molecule has 0 saturated carbocycles. The topological polar surface area (TPSA) is 66.0 Å². The number of nitrogens with zero attached hydrogens (tertiary/aromatic N) is 1. The van der Waals surface area contributed by atoms with E-state index in [1.165, 1.54) is 0 Å². The predicted octanol–water partition coefficient (Wildman–Crippen LogP) is 4.23. The molecular formula is C20H20N2O2. The molecule has 3 rings (SSSR count). The minimum Gasteiger partial charge on any atom is -0.478 e. The Labute approximate surface area is 141 Å². The molecule has 1 aliphatic carbocycles. The summed E-state index contributed by atoms with van der Waals surface area (Å²) in [6.45, 7) is 4.31. The van der Waals surface area contributed by atoms with Crippen LogP contribution in [-0.4, -0.2) is 21.0 Å². The molecule has 0 aliphatic heterocycles. The highest BCUT2D eigenvalue weighted by atomic mass is 16.4. The van der Waals surface area contributed by atoms with Crippen LogP contribution in [0.1, 0.15) is 41.3 Å². The van der Waals surface area contributed by atoms with Gasteiger partial charge in [-0.15, -0.1) is 0 Å². The highest BCUT2D eigenvalue weighted by molar-refractivity contribution is 5.87. The first-order valence-electron chi connectivity index (χ1n) is 7.88. The summed E-state index contributed by atoms with van der Waals surface area (Å²) in [6, 6.07) is 6.94. The number of aromatic amines is 1. The monoisotopic (exact) mass is 320 g/mol. The fraction of sp³-hybridized carbons (Fsp3) is 0.200. The molecule has 0 amide bonds. The molecule has 0 atom stereocenters. The van der Waals surface area contributed by atoms with E-state index in [0.717, 1.165) is 22.7 Å². The molecule has 2 N–H and O–H groups in total. The van der Waals surface area contributed by atoms with Gasteiger partial charge in [-0.2, -0.15) is 0 Å². The van der Waals surface area contributed by atoms with E-state index in [9.17, 15) is 4.79 Å². The predicted molar refractivity (Wildman–Crippen MR) is 94.8 cm³/mol. The molecule has 0 saturated heterocycles. The number of rotatable bonds is 4. The highest BCUT2D eigenvalue weighted by Gasteiger charge is 2.12. The molecule has 2 aromatic rings. The van der Waals surface area contributed by atoms with Crippen molar-refractivity contribution in [3.8, 4) is 0 Å². The van der Waals surface area contributed by atoms with Gasteiger partial charge in [0.2, 0.25) is 0 Å². The van der Waals surface area contributed by atoms with Gasteiger partial charge >= 0.3 is 5.97 Å². The smallest absolute Gasteiger partial charge is 0.335 e. The third kappa shape index (κ3) is 3.71. The Morgan fingerprint density at radius 3 is 2.92 bits per heavy atom. The van der Waals surface area contributed by atoms with Gasteiger partial charge in [0.05, 0.1) is 17.5 Å². The van der Waals surface area contributed by atoms with Gasteiger partial charge < -0.3 is 10.1 Å². The largest absolute Gasteiger partial charge is 0.478 e. The summed E-state index contributed by atoms with van der Waals surface area (Å²) in [6.07, 6.45) is 12.9. The van der Waals surface area contributed by atoms with Crippen LogP contribution in [0.15, 0.2) is 60.8 Å². The van der Waals surface area contributed by atoms with Crippen LogP contribution in [-0.2, 0) is 6.42 Å². The van der Waals surface area contributed by atoms with Gasteiger partial charge in [-0.25, -0.2) is 9.78 Å². The number of allylic oxidation sites excluding steroid dienone is 6. The highest BCUT2D eigenvalue weighted by Crippen LogP contribution is 2.26. The Kier molecular flexibility index (Phi) is 4.21. The molecule has 1 aromatic carbocycles. The normalized spacial score (nSPS) is 15.8. The summed E-state index contributed by atoms with van der Waals surface area (Å²) in [7, 11) is 0. The van der Waals surface area contributed by atoms with Crippen molar-refractivity contribution in [1.29, 1.82) is 0 Å². The van der Waals surface area contributed by atoms with Crippen molar-refractivity contribution in [3.05, 3.63) is 83.5 Å². The number of H-pyrrole nitrogens is 1. The quantitative estimate of drug-likeness (QED) is 0.885. The minimum absolute atomic E-state index is 0.0401. The van der Waals surface area contributed by atoms with Crippen LogP contribution >= 0.6 is 0 Å². The molecule has 0 spiro atoms. The van der Waals surface area contributed by atoms with Crippen molar-refractivity contribution in [3.63, 3.8) is 0 Å². The second kappa shape index (κ2) is 6.32. The fourth-order valence-corrected chi connectivity index (χ4v) is 2.60. The lowest BCUT2D eigenvalue weighted by molar-refractivity contribution is 0.0696. The van der Waals surface area contributed by atoms with E-state index < -0.39 is 5.97 Å². The van der Waals surface area contributed by atoms with Crippen LogP contribution in [0, 0.1) is 5.41 Å². The van der Waals surface area contributed by atoms with Crippen LogP contribution < -0.4 is 0 Å². The zero-order chi connectivity index (χ0) is 17.2. The van der Waals surface area contributed by atoms with Gasteiger partial charge in [-0.05, 0) is 23.3 Å². The lowest BCUT2D eigenvalue weighted by atomic mass is 9.93. The van der Waals surface area contributed by atoms with E-state index in [2.05, 4.69) is 54.2 Å². The van der Waals surface area contributed by atoms with Crippen LogP contribution in [0.5, 0.6) is 0 Å². The van der Waals surface area contributed by atoms with Crippen molar-refractivity contribution in [1.82, 2.24) is 9.97 Å². The van der Waals surface area contributed by atoms with Crippen molar-refractivity contribution in [2.45, 2.75) is 20.3 Å². The molecule has 0 bridgehead atoms. The third-order valence-corrected chi connectivity index (χ3v) is 3.98. The van der Waals surface area contributed by atoms with Gasteiger partial charge in [0, 0.05) is 11.8 Å². The number of nitrogens with one attached hydrogen (secondary N) is 1. The van der Waals surface area contributed by atoms with Crippen molar-refractivity contribution < 1.29 is 9.90 Å². The van der Waals surface area contributed by atoms with Gasteiger partial charge in [-0.1, -0.05) is 56.4 Å². The molecule has 0 radical (unpaired) electrons. The number of aromatic nitrogens is 2. The summed E-state index contributed by atoms with van der Waals surface area (Å²) in [4.78, 5) is 18.8. The molecule has 4 heteroatoms. The second-order valence-electron chi connectivity index (χ2n) is 6.56. The number of imidazole rings is 1. The summed E-state index contributed by atoms with van der Waals surface area (Å²) in [5.74, 6) is -0.102. The molecule has 0 fully saturated rings. The summed E-state index contributed by atoms with van der Waals surface area (Å²) < 4.78 is 0. The van der Waals surface area contributed by atoms with E-state index in [-0.39, 0.29) is 5.41 Å². The van der Waals surface area contributed by atoms with E-state index in [4.69, 9.17) is 5.11 Å². The van der Waals surface area contributed by atoms with E-state index in [1.54, 1.807) is 18.2 Å². The van der Waals surface area contributed by atoms with E-state index in [0.29, 0.717) is 12.0 Å². The standard InChI is InChI=1S/C20H20N2O2/c1-20(2)9-4-7-15(8-10-20)17-13-21-18(22-17)12-14-5-3-6-16(11-14)19(23)24/h3-11,13H,12H2,1-2H3,(H,21,22)(H,23,24). The molecule has 1 heterocycles. The first kappa shape index (κ1) is 16.0. The van der Waals surface area contributed by atoms with E-state index in [1.807, 2.05) is 12.3 Å². The zero-order valence-corrected chi connectivity index (χ0v) is 13.8. The Balaban J connectivity index is 1.79. The number of carboxylic acids is 1. The van der Waals surface area contributed by atoms with Gasteiger partial charge in [-0.3, -0.25) is 0 Å². The van der Waals surface area contributed by atoms with Gasteiger partial charge in [0.25, 0.3) is 0 Å². The van der Waals surface area contributed by atoms with Crippen molar-refractivity contribution >= 4 is 11.5 Å².